The fraction of sp³-hybridized carbons (Fsp3) is 0.412. The van der Waals surface area contributed by atoms with Crippen LogP contribution in [0.25, 0.3) is 10.9 Å². The standard InChI is InChI=1S/C17H23N3O2/c1-6-13(16(18)21)19(4)17(22)15-11(3)12-9-7-8-10(2)14(12)20(15)5/h7-9,13H,6H2,1-5H3,(H2,18,21)/t13-/m0/s1. The highest BCUT2D eigenvalue weighted by molar-refractivity contribution is 6.03. The summed E-state index contributed by atoms with van der Waals surface area (Å²) < 4.78 is 1.91. The van der Waals surface area contributed by atoms with Crippen LogP contribution >= 0.6 is 0 Å². The van der Waals surface area contributed by atoms with Crippen LogP contribution in [0, 0.1) is 13.8 Å². The number of primary amides is 1. The Morgan fingerprint density at radius 2 is 1.95 bits per heavy atom. The summed E-state index contributed by atoms with van der Waals surface area (Å²) in [7, 11) is 3.51. The first-order chi connectivity index (χ1) is 10.3. The summed E-state index contributed by atoms with van der Waals surface area (Å²) in [6.45, 7) is 5.81. The highest BCUT2D eigenvalue weighted by atomic mass is 16.2. The topological polar surface area (TPSA) is 68.3 Å². The smallest absolute Gasteiger partial charge is 0.271 e. The second-order valence-electron chi connectivity index (χ2n) is 5.75. The zero-order valence-corrected chi connectivity index (χ0v) is 13.8. The summed E-state index contributed by atoms with van der Waals surface area (Å²) in [4.78, 5) is 25.8. The molecule has 2 rings (SSSR count). The van der Waals surface area contributed by atoms with Crippen LogP contribution in [0.3, 0.4) is 0 Å². The van der Waals surface area contributed by atoms with E-state index in [1.165, 1.54) is 4.90 Å². The number of fused-ring (bicyclic) bond motifs is 1. The number of rotatable bonds is 4. The van der Waals surface area contributed by atoms with E-state index in [2.05, 4.69) is 0 Å². The summed E-state index contributed by atoms with van der Waals surface area (Å²) >= 11 is 0. The Morgan fingerprint density at radius 1 is 1.32 bits per heavy atom. The number of carbonyl (C=O) groups is 2. The number of benzene rings is 1. The molecule has 0 aliphatic rings. The number of hydrogen-bond donors (Lipinski definition) is 1. The van der Waals surface area contributed by atoms with E-state index < -0.39 is 11.9 Å². The number of aryl methyl sites for hydroxylation is 3. The predicted octanol–water partition coefficient (Wildman–Crippen LogP) is 2.13. The number of amides is 2. The van der Waals surface area contributed by atoms with Gasteiger partial charge in [-0.1, -0.05) is 25.1 Å². The molecule has 0 fully saturated rings. The quantitative estimate of drug-likeness (QED) is 0.940. The van der Waals surface area contributed by atoms with Crippen LogP contribution in [-0.4, -0.2) is 34.4 Å². The fourth-order valence-corrected chi connectivity index (χ4v) is 3.18. The van der Waals surface area contributed by atoms with Gasteiger partial charge in [-0.3, -0.25) is 9.59 Å². The molecule has 1 heterocycles. The van der Waals surface area contributed by atoms with Crippen molar-refractivity contribution in [2.45, 2.75) is 33.2 Å². The number of hydrogen-bond acceptors (Lipinski definition) is 2. The third-order valence-electron chi connectivity index (χ3n) is 4.37. The molecule has 118 valence electrons. The van der Waals surface area contributed by atoms with Crippen molar-refractivity contribution in [2.75, 3.05) is 7.05 Å². The summed E-state index contributed by atoms with van der Waals surface area (Å²) in [6, 6.07) is 5.43. The first kappa shape index (κ1) is 16.1. The average molecular weight is 301 g/mol. The molecule has 1 aromatic carbocycles. The summed E-state index contributed by atoms with van der Waals surface area (Å²) in [5.74, 6) is -0.660. The van der Waals surface area contributed by atoms with Gasteiger partial charge >= 0.3 is 0 Å². The second-order valence-corrected chi connectivity index (χ2v) is 5.75. The predicted molar refractivity (Wildman–Crippen MR) is 87.8 cm³/mol. The number of para-hydroxylation sites is 1. The van der Waals surface area contributed by atoms with Crippen molar-refractivity contribution in [1.29, 1.82) is 0 Å². The molecule has 1 atom stereocenters. The van der Waals surface area contributed by atoms with Gasteiger partial charge in [0.05, 0.1) is 5.52 Å². The number of nitrogens with two attached hydrogens (primary N) is 1. The van der Waals surface area contributed by atoms with E-state index in [4.69, 9.17) is 5.73 Å². The normalized spacial score (nSPS) is 12.4. The van der Waals surface area contributed by atoms with Crippen molar-refractivity contribution in [2.24, 2.45) is 12.8 Å². The van der Waals surface area contributed by atoms with Gasteiger partial charge < -0.3 is 15.2 Å². The molecule has 5 nitrogen and oxygen atoms in total. The Bertz CT molecular complexity index is 746. The van der Waals surface area contributed by atoms with Gasteiger partial charge in [-0.2, -0.15) is 0 Å². The van der Waals surface area contributed by atoms with E-state index in [1.54, 1.807) is 7.05 Å². The van der Waals surface area contributed by atoms with Gasteiger partial charge in [0, 0.05) is 19.5 Å². The Balaban J connectivity index is 2.58. The van der Waals surface area contributed by atoms with Crippen molar-refractivity contribution >= 4 is 22.7 Å². The zero-order valence-electron chi connectivity index (χ0n) is 13.8. The molecule has 0 aliphatic carbocycles. The minimum atomic E-state index is -0.592. The zero-order chi connectivity index (χ0) is 16.6. The van der Waals surface area contributed by atoms with Gasteiger partial charge in [-0.05, 0) is 31.4 Å². The van der Waals surface area contributed by atoms with Crippen LogP contribution in [-0.2, 0) is 11.8 Å². The van der Waals surface area contributed by atoms with Crippen LogP contribution in [0.1, 0.15) is 35.0 Å². The molecule has 2 aromatic rings. The van der Waals surface area contributed by atoms with Crippen molar-refractivity contribution in [3.63, 3.8) is 0 Å². The molecule has 1 aromatic heterocycles. The Labute approximate surface area is 130 Å². The van der Waals surface area contributed by atoms with Crippen LogP contribution in [0.5, 0.6) is 0 Å². The number of carbonyl (C=O) groups excluding carboxylic acids is 2. The van der Waals surface area contributed by atoms with Gasteiger partial charge in [-0.15, -0.1) is 0 Å². The second kappa shape index (κ2) is 5.83. The molecule has 2 N–H and O–H groups in total. The Hall–Kier alpha value is -2.30. The Morgan fingerprint density at radius 3 is 2.45 bits per heavy atom. The van der Waals surface area contributed by atoms with Gasteiger partial charge in [0.1, 0.15) is 11.7 Å². The number of aromatic nitrogens is 1. The highest BCUT2D eigenvalue weighted by Gasteiger charge is 2.28. The SMILES string of the molecule is CC[C@@H](C(N)=O)N(C)C(=O)c1c(C)c2cccc(C)c2n1C. The fourth-order valence-electron chi connectivity index (χ4n) is 3.18. The highest BCUT2D eigenvalue weighted by Crippen LogP contribution is 2.28. The van der Waals surface area contributed by atoms with E-state index in [0.29, 0.717) is 12.1 Å². The molecule has 0 aliphatic heterocycles. The maximum absolute atomic E-state index is 12.9. The van der Waals surface area contributed by atoms with Crippen LogP contribution in [0.2, 0.25) is 0 Å². The maximum Gasteiger partial charge on any atom is 0.271 e. The van der Waals surface area contributed by atoms with Crippen molar-refractivity contribution in [3.05, 3.63) is 35.0 Å². The number of nitrogens with zero attached hydrogens (tertiary/aromatic N) is 2. The van der Waals surface area contributed by atoms with Gasteiger partial charge in [0.2, 0.25) is 5.91 Å². The van der Waals surface area contributed by atoms with Gasteiger partial charge in [0.15, 0.2) is 0 Å². The number of likely N-dealkylation sites (N-methyl/N-ethyl adjacent to an activating group) is 1. The summed E-state index contributed by atoms with van der Waals surface area (Å²) in [5.41, 5.74) is 9.09. The van der Waals surface area contributed by atoms with Gasteiger partial charge in [0.25, 0.3) is 5.91 Å². The molecular formula is C17H23N3O2. The molecule has 0 saturated carbocycles. The van der Waals surface area contributed by atoms with Crippen LogP contribution < -0.4 is 5.73 Å². The first-order valence-electron chi connectivity index (χ1n) is 7.42. The average Bonchev–Trinajstić information content (AvgIpc) is 2.71. The lowest BCUT2D eigenvalue weighted by molar-refractivity contribution is -0.122. The lowest BCUT2D eigenvalue weighted by atomic mass is 10.1. The van der Waals surface area contributed by atoms with Gasteiger partial charge in [-0.25, -0.2) is 0 Å². The van der Waals surface area contributed by atoms with Crippen LogP contribution in [0.4, 0.5) is 0 Å². The van der Waals surface area contributed by atoms with E-state index in [0.717, 1.165) is 22.0 Å². The lowest BCUT2D eigenvalue weighted by Crippen LogP contribution is -2.45. The molecule has 22 heavy (non-hydrogen) atoms. The van der Waals surface area contributed by atoms with Crippen molar-refractivity contribution < 1.29 is 9.59 Å². The Kier molecular flexibility index (Phi) is 4.26. The summed E-state index contributed by atoms with van der Waals surface area (Å²) in [6.07, 6.45) is 0.500. The molecule has 0 bridgehead atoms. The monoisotopic (exact) mass is 301 g/mol. The first-order valence-corrected chi connectivity index (χ1v) is 7.42. The van der Waals surface area contributed by atoms with E-state index >= 15 is 0 Å². The van der Waals surface area contributed by atoms with E-state index in [9.17, 15) is 9.59 Å². The lowest BCUT2D eigenvalue weighted by Gasteiger charge is -2.25. The molecule has 2 amide bonds. The largest absolute Gasteiger partial charge is 0.368 e. The molecule has 0 radical (unpaired) electrons. The maximum atomic E-state index is 12.9. The third-order valence-corrected chi connectivity index (χ3v) is 4.37. The summed E-state index contributed by atoms with van der Waals surface area (Å²) in [5, 5.41) is 1.06. The molecule has 0 spiro atoms. The van der Waals surface area contributed by atoms with E-state index in [-0.39, 0.29) is 5.91 Å². The molecular weight excluding hydrogens is 278 g/mol. The van der Waals surface area contributed by atoms with Crippen LogP contribution in [0.15, 0.2) is 18.2 Å². The minimum Gasteiger partial charge on any atom is -0.368 e. The van der Waals surface area contributed by atoms with Crippen molar-refractivity contribution in [1.82, 2.24) is 9.47 Å². The minimum absolute atomic E-state index is 0.179. The molecule has 0 saturated heterocycles. The molecule has 0 unspecified atom stereocenters. The van der Waals surface area contributed by atoms with E-state index in [1.807, 2.05) is 50.6 Å². The van der Waals surface area contributed by atoms with Crippen molar-refractivity contribution in [3.8, 4) is 0 Å². The molecule has 5 heteroatoms. The third kappa shape index (κ3) is 2.36.